The third kappa shape index (κ3) is 2.23. The lowest BCUT2D eigenvalue weighted by atomic mass is 10.1. The first-order valence-electron chi connectivity index (χ1n) is 6.10. The minimum atomic E-state index is 0.812. The summed E-state index contributed by atoms with van der Waals surface area (Å²) in [5.41, 5.74) is 10.7. The Morgan fingerprint density at radius 2 is 2.00 bits per heavy atom. The molecule has 0 unspecified atom stereocenters. The fourth-order valence-corrected chi connectivity index (χ4v) is 3.12. The number of fused-ring (bicyclic) bond motifs is 1. The van der Waals surface area contributed by atoms with Crippen LogP contribution in [0.2, 0.25) is 0 Å². The number of hydrogen-bond acceptors (Lipinski definition) is 2. The standard InChI is InChI=1S/C15H15BrN2/c16-13-7-11(8-14(17)9-13)10-18-6-5-12-3-1-2-4-15(12)18/h1-4,7-9H,5-6,10,17H2. The van der Waals surface area contributed by atoms with Crippen LogP contribution in [-0.4, -0.2) is 6.54 Å². The van der Waals surface area contributed by atoms with Crippen molar-refractivity contribution in [1.29, 1.82) is 0 Å². The number of hydrogen-bond donors (Lipinski definition) is 1. The van der Waals surface area contributed by atoms with Crippen LogP contribution in [0.1, 0.15) is 11.1 Å². The molecule has 0 spiro atoms. The second kappa shape index (κ2) is 4.65. The van der Waals surface area contributed by atoms with Crippen molar-refractivity contribution in [1.82, 2.24) is 0 Å². The van der Waals surface area contributed by atoms with Crippen LogP contribution in [0.5, 0.6) is 0 Å². The number of nitrogens with zero attached hydrogens (tertiary/aromatic N) is 1. The molecular weight excluding hydrogens is 288 g/mol. The van der Waals surface area contributed by atoms with Gasteiger partial charge in [0.25, 0.3) is 0 Å². The first-order chi connectivity index (χ1) is 8.72. The predicted molar refractivity (Wildman–Crippen MR) is 79.8 cm³/mol. The number of nitrogens with two attached hydrogens (primary N) is 1. The van der Waals surface area contributed by atoms with Crippen molar-refractivity contribution in [2.45, 2.75) is 13.0 Å². The van der Waals surface area contributed by atoms with E-state index in [0.717, 1.165) is 29.7 Å². The van der Waals surface area contributed by atoms with Gasteiger partial charge in [-0.1, -0.05) is 34.1 Å². The second-order valence-corrected chi connectivity index (χ2v) is 5.61. The zero-order chi connectivity index (χ0) is 12.5. The van der Waals surface area contributed by atoms with Crippen LogP contribution in [0.15, 0.2) is 46.9 Å². The van der Waals surface area contributed by atoms with Gasteiger partial charge in [-0.15, -0.1) is 0 Å². The van der Waals surface area contributed by atoms with E-state index >= 15 is 0 Å². The highest BCUT2D eigenvalue weighted by molar-refractivity contribution is 9.10. The number of halogens is 1. The molecule has 0 radical (unpaired) electrons. The van der Waals surface area contributed by atoms with Gasteiger partial charge in [0.05, 0.1) is 0 Å². The van der Waals surface area contributed by atoms with Crippen molar-refractivity contribution in [3.05, 3.63) is 58.1 Å². The highest BCUT2D eigenvalue weighted by atomic mass is 79.9. The molecule has 18 heavy (non-hydrogen) atoms. The molecule has 2 aromatic rings. The largest absolute Gasteiger partial charge is 0.399 e. The van der Waals surface area contributed by atoms with Crippen molar-refractivity contribution >= 4 is 27.3 Å². The summed E-state index contributed by atoms with van der Waals surface area (Å²) < 4.78 is 1.05. The Balaban J connectivity index is 1.86. The fourth-order valence-electron chi connectivity index (χ4n) is 2.56. The Bertz CT molecular complexity index is 560. The minimum Gasteiger partial charge on any atom is -0.399 e. The van der Waals surface area contributed by atoms with E-state index in [1.54, 1.807) is 0 Å². The van der Waals surface area contributed by atoms with Crippen LogP contribution in [0.4, 0.5) is 11.4 Å². The summed E-state index contributed by atoms with van der Waals surface area (Å²) in [4.78, 5) is 2.41. The van der Waals surface area contributed by atoms with Crippen LogP contribution in [0.3, 0.4) is 0 Å². The molecule has 3 heteroatoms. The highest BCUT2D eigenvalue weighted by Crippen LogP contribution is 2.29. The first-order valence-corrected chi connectivity index (χ1v) is 6.89. The van der Waals surface area contributed by atoms with E-state index in [0.29, 0.717) is 0 Å². The summed E-state index contributed by atoms with van der Waals surface area (Å²) in [6.07, 6.45) is 1.14. The molecule has 0 fully saturated rings. The van der Waals surface area contributed by atoms with Crippen molar-refractivity contribution < 1.29 is 0 Å². The normalized spacial score (nSPS) is 13.7. The molecule has 1 heterocycles. The van der Waals surface area contributed by atoms with Gasteiger partial charge in [0.2, 0.25) is 0 Å². The molecular formula is C15H15BrN2. The molecule has 0 saturated heterocycles. The number of rotatable bonds is 2. The summed E-state index contributed by atoms with van der Waals surface area (Å²) in [7, 11) is 0. The van der Waals surface area contributed by atoms with Crippen LogP contribution in [0.25, 0.3) is 0 Å². The van der Waals surface area contributed by atoms with Gasteiger partial charge < -0.3 is 10.6 Å². The topological polar surface area (TPSA) is 29.3 Å². The molecule has 2 N–H and O–H groups in total. The molecule has 0 atom stereocenters. The Morgan fingerprint density at radius 3 is 2.83 bits per heavy atom. The fraction of sp³-hybridized carbons (Fsp3) is 0.200. The Hall–Kier alpha value is -1.48. The molecule has 1 aliphatic heterocycles. The Morgan fingerprint density at radius 1 is 1.17 bits per heavy atom. The van der Waals surface area contributed by atoms with Crippen LogP contribution >= 0.6 is 15.9 Å². The average Bonchev–Trinajstić information content (AvgIpc) is 2.72. The van der Waals surface area contributed by atoms with Gasteiger partial charge >= 0.3 is 0 Å². The van der Waals surface area contributed by atoms with Crippen molar-refractivity contribution in [2.75, 3.05) is 17.2 Å². The molecule has 92 valence electrons. The molecule has 0 saturated carbocycles. The maximum absolute atomic E-state index is 5.88. The molecule has 1 aliphatic rings. The maximum Gasteiger partial charge on any atom is 0.0430 e. The van der Waals surface area contributed by atoms with E-state index in [1.165, 1.54) is 16.8 Å². The monoisotopic (exact) mass is 302 g/mol. The summed E-state index contributed by atoms with van der Waals surface area (Å²) >= 11 is 3.50. The lowest BCUT2D eigenvalue weighted by Crippen LogP contribution is -2.19. The van der Waals surface area contributed by atoms with Crippen molar-refractivity contribution in [3.63, 3.8) is 0 Å². The summed E-state index contributed by atoms with van der Waals surface area (Å²) in [5.74, 6) is 0. The molecule has 0 amide bonds. The predicted octanol–water partition coefficient (Wildman–Crippen LogP) is 3.59. The zero-order valence-electron chi connectivity index (χ0n) is 10.1. The van der Waals surface area contributed by atoms with Crippen LogP contribution in [0, 0.1) is 0 Å². The minimum absolute atomic E-state index is 0.812. The molecule has 2 aromatic carbocycles. The van der Waals surface area contributed by atoms with E-state index in [4.69, 9.17) is 5.73 Å². The molecule has 2 nitrogen and oxygen atoms in total. The van der Waals surface area contributed by atoms with E-state index in [2.05, 4.69) is 51.2 Å². The first kappa shape index (κ1) is 11.6. The maximum atomic E-state index is 5.88. The lowest BCUT2D eigenvalue weighted by Gasteiger charge is -2.19. The molecule has 3 rings (SSSR count). The van der Waals surface area contributed by atoms with Gasteiger partial charge in [-0.2, -0.15) is 0 Å². The highest BCUT2D eigenvalue weighted by Gasteiger charge is 2.18. The SMILES string of the molecule is Nc1cc(Br)cc(CN2CCc3ccccc32)c1. The summed E-state index contributed by atoms with van der Waals surface area (Å²) in [6, 6.07) is 14.7. The zero-order valence-corrected chi connectivity index (χ0v) is 11.7. The number of nitrogen functional groups attached to an aromatic ring is 1. The van der Waals surface area contributed by atoms with Gasteiger partial charge in [0, 0.05) is 28.9 Å². The molecule has 0 aliphatic carbocycles. The van der Waals surface area contributed by atoms with Crippen LogP contribution in [-0.2, 0) is 13.0 Å². The number of para-hydroxylation sites is 1. The van der Waals surface area contributed by atoms with E-state index in [-0.39, 0.29) is 0 Å². The Labute approximate surface area is 116 Å². The summed E-state index contributed by atoms with van der Waals surface area (Å²) in [5, 5.41) is 0. The van der Waals surface area contributed by atoms with Gasteiger partial charge in [0.1, 0.15) is 0 Å². The van der Waals surface area contributed by atoms with Gasteiger partial charge in [0.15, 0.2) is 0 Å². The second-order valence-electron chi connectivity index (χ2n) is 4.69. The van der Waals surface area contributed by atoms with Crippen molar-refractivity contribution in [3.8, 4) is 0 Å². The summed E-state index contributed by atoms with van der Waals surface area (Å²) in [6.45, 7) is 2.01. The van der Waals surface area contributed by atoms with Gasteiger partial charge in [-0.3, -0.25) is 0 Å². The molecule has 0 bridgehead atoms. The number of anilines is 2. The van der Waals surface area contributed by atoms with Crippen LogP contribution < -0.4 is 10.6 Å². The third-order valence-corrected chi connectivity index (χ3v) is 3.79. The Kier molecular flexibility index (Phi) is 3.00. The quantitative estimate of drug-likeness (QED) is 0.859. The van der Waals surface area contributed by atoms with Gasteiger partial charge in [-0.25, -0.2) is 0 Å². The molecule has 0 aromatic heterocycles. The smallest absolute Gasteiger partial charge is 0.0430 e. The van der Waals surface area contributed by atoms with Gasteiger partial charge in [-0.05, 0) is 41.8 Å². The third-order valence-electron chi connectivity index (χ3n) is 3.34. The van der Waals surface area contributed by atoms with E-state index < -0.39 is 0 Å². The average molecular weight is 303 g/mol. The van der Waals surface area contributed by atoms with Crippen molar-refractivity contribution in [2.24, 2.45) is 0 Å². The number of benzene rings is 2. The van der Waals surface area contributed by atoms with E-state index in [9.17, 15) is 0 Å². The lowest BCUT2D eigenvalue weighted by molar-refractivity contribution is 0.836. The van der Waals surface area contributed by atoms with E-state index in [1.807, 2.05) is 12.1 Å².